The van der Waals surface area contributed by atoms with Crippen molar-refractivity contribution in [1.29, 1.82) is 0 Å². The van der Waals surface area contributed by atoms with E-state index in [9.17, 15) is 18.4 Å². The summed E-state index contributed by atoms with van der Waals surface area (Å²) in [6.07, 6.45) is 1.44. The van der Waals surface area contributed by atoms with Crippen molar-refractivity contribution in [3.8, 4) is 0 Å². The molecule has 2 unspecified atom stereocenters. The molecule has 2 atom stereocenters. The second-order valence-electron chi connectivity index (χ2n) is 4.80. The standard InChI is InChI=1S/C13H14F2N2O3/c14-8-4-9(15)6-11(5-8)17-13(20)16-10-2-1-7(3-10)12(18)19/h4-7,10H,1-3H2,(H,18,19)(H2,16,17,20). The van der Waals surface area contributed by atoms with E-state index in [1.54, 1.807) is 0 Å². The fourth-order valence-corrected chi connectivity index (χ4v) is 2.32. The number of carbonyl (C=O) groups excluding carboxylic acids is 1. The zero-order valence-corrected chi connectivity index (χ0v) is 10.5. The third kappa shape index (κ3) is 3.66. The van der Waals surface area contributed by atoms with Crippen molar-refractivity contribution in [3.63, 3.8) is 0 Å². The maximum atomic E-state index is 12.9. The average Bonchev–Trinajstić information content (AvgIpc) is 2.75. The molecule has 20 heavy (non-hydrogen) atoms. The first-order valence-electron chi connectivity index (χ1n) is 6.20. The van der Waals surface area contributed by atoms with Crippen molar-refractivity contribution in [1.82, 2.24) is 5.32 Å². The van der Waals surface area contributed by atoms with Crippen LogP contribution in [0.5, 0.6) is 0 Å². The van der Waals surface area contributed by atoms with Gasteiger partial charge in [-0.05, 0) is 31.4 Å². The van der Waals surface area contributed by atoms with Gasteiger partial charge < -0.3 is 15.7 Å². The lowest BCUT2D eigenvalue weighted by Crippen LogP contribution is -2.36. The molecule has 0 spiro atoms. The molecule has 0 bridgehead atoms. The molecule has 5 nitrogen and oxygen atoms in total. The molecular weight excluding hydrogens is 270 g/mol. The summed E-state index contributed by atoms with van der Waals surface area (Å²) in [4.78, 5) is 22.4. The molecule has 0 aliphatic heterocycles. The van der Waals surface area contributed by atoms with Crippen molar-refractivity contribution < 1.29 is 23.5 Å². The molecule has 108 valence electrons. The van der Waals surface area contributed by atoms with Crippen LogP contribution < -0.4 is 10.6 Å². The molecule has 1 aromatic rings. The molecule has 2 rings (SSSR count). The Bertz CT molecular complexity index is 516. The number of hydrogen-bond acceptors (Lipinski definition) is 2. The van der Waals surface area contributed by atoms with E-state index in [1.807, 2.05) is 0 Å². The van der Waals surface area contributed by atoms with Gasteiger partial charge in [0.25, 0.3) is 0 Å². The summed E-state index contributed by atoms with van der Waals surface area (Å²) >= 11 is 0. The van der Waals surface area contributed by atoms with Crippen molar-refractivity contribution in [2.75, 3.05) is 5.32 Å². The fraction of sp³-hybridized carbons (Fsp3) is 0.385. The third-order valence-electron chi connectivity index (χ3n) is 3.24. The number of amides is 2. The summed E-state index contributed by atoms with van der Waals surface area (Å²) in [6.45, 7) is 0. The minimum atomic E-state index is -0.873. The number of urea groups is 1. The van der Waals surface area contributed by atoms with E-state index in [1.165, 1.54) is 0 Å². The summed E-state index contributed by atoms with van der Waals surface area (Å²) < 4.78 is 25.9. The molecule has 1 aromatic carbocycles. The highest BCUT2D eigenvalue weighted by Crippen LogP contribution is 2.25. The molecule has 0 saturated heterocycles. The van der Waals surface area contributed by atoms with Crippen LogP contribution >= 0.6 is 0 Å². The zero-order chi connectivity index (χ0) is 14.7. The fourth-order valence-electron chi connectivity index (χ4n) is 2.32. The average molecular weight is 284 g/mol. The predicted molar refractivity (Wildman–Crippen MR) is 67.3 cm³/mol. The molecule has 2 amide bonds. The first kappa shape index (κ1) is 14.2. The minimum absolute atomic E-state index is 0.00721. The predicted octanol–water partition coefficient (Wildman–Crippen LogP) is 2.34. The van der Waals surface area contributed by atoms with Gasteiger partial charge in [-0.2, -0.15) is 0 Å². The van der Waals surface area contributed by atoms with E-state index in [-0.39, 0.29) is 11.7 Å². The molecule has 0 radical (unpaired) electrons. The van der Waals surface area contributed by atoms with Crippen LogP contribution in [0.3, 0.4) is 0 Å². The third-order valence-corrected chi connectivity index (χ3v) is 3.24. The van der Waals surface area contributed by atoms with E-state index in [0.717, 1.165) is 12.1 Å². The Morgan fingerprint density at radius 1 is 1.15 bits per heavy atom. The lowest BCUT2D eigenvalue weighted by Gasteiger charge is -2.13. The minimum Gasteiger partial charge on any atom is -0.481 e. The number of anilines is 1. The summed E-state index contributed by atoms with van der Waals surface area (Å²) in [5.41, 5.74) is 0.00721. The normalized spacial score (nSPS) is 21.5. The maximum Gasteiger partial charge on any atom is 0.319 e. The van der Waals surface area contributed by atoms with E-state index in [2.05, 4.69) is 10.6 Å². The van der Waals surface area contributed by atoms with Gasteiger partial charge in [-0.1, -0.05) is 0 Å². The van der Waals surface area contributed by atoms with Crippen LogP contribution in [0.4, 0.5) is 19.3 Å². The first-order chi connectivity index (χ1) is 9.44. The number of carbonyl (C=O) groups is 2. The van der Waals surface area contributed by atoms with Crippen LogP contribution in [0.15, 0.2) is 18.2 Å². The molecule has 7 heteroatoms. The van der Waals surface area contributed by atoms with Crippen LogP contribution in [-0.2, 0) is 4.79 Å². The number of rotatable bonds is 3. The number of carboxylic acids is 1. The van der Waals surface area contributed by atoms with E-state index < -0.39 is 29.6 Å². The molecule has 1 saturated carbocycles. The van der Waals surface area contributed by atoms with Gasteiger partial charge in [0.2, 0.25) is 0 Å². The van der Waals surface area contributed by atoms with Gasteiger partial charge in [0, 0.05) is 17.8 Å². The molecule has 1 aliphatic carbocycles. The summed E-state index contributed by atoms with van der Waals surface area (Å²) in [5.74, 6) is -2.90. The summed E-state index contributed by atoms with van der Waals surface area (Å²) in [5, 5.41) is 13.8. The Hall–Kier alpha value is -2.18. The van der Waals surface area contributed by atoms with Gasteiger partial charge in [0.05, 0.1) is 5.92 Å². The molecule has 0 aromatic heterocycles. The topological polar surface area (TPSA) is 78.4 Å². The molecule has 0 heterocycles. The number of benzene rings is 1. The second-order valence-corrected chi connectivity index (χ2v) is 4.80. The maximum absolute atomic E-state index is 12.9. The van der Waals surface area contributed by atoms with Gasteiger partial charge >= 0.3 is 12.0 Å². The van der Waals surface area contributed by atoms with Crippen LogP contribution in [0.2, 0.25) is 0 Å². The van der Waals surface area contributed by atoms with Gasteiger partial charge in [-0.25, -0.2) is 13.6 Å². The number of hydrogen-bond donors (Lipinski definition) is 3. The highest BCUT2D eigenvalue weighted by Gasteiger charge is 2.30. The van der Waals surface area contributed by atoms with Crippen LogP contribution in [0, 0.1) is 17.6 Å². The van der Waals surface area contributed by atoms with Crippen molar-refractivity contribution in [2.45, 2.75) is 25.3 Å². The first-order valence-corrected chi connectivity index (χ1v) is 6.20. The molecule has 1 fully saturated rings. The number of carboxylic acid groups (broad SMARTS) is 1. The smallest absolute Gasteiger partial charge is 0.319 e. The molecular formula is C13H14F2N2O3. The number of halogens is 2. The number of aliphatic carboxylic acids is 1. The summed E-state index contributed by atoms with van der Waals surface area (Å²) in [7, 11) is 0. The van der Waals surface area contributed by atoms with Gasteiger partial charge in [0.1, 0.15) is 11.6 Å². The van der Waals surface area contributed by atoms with E-state index in [4.69, 9.17) is 5.11 Å². The summed E-state index contributed by atoms with van der Waals surface area (Å²) in [6, 6.07) is 1.85. The largest absolute Gasteiger partial charge is 0.481 e. The molecule has 1 aliphatic rings. The van der Waals surface area contributed by atoms with Crippen LogP contribution in [0.25, 0.3) is 0 Å². The van der Waals surface area contributed by atoms with Crippen molar-refractivity contribution in [3.05, 3.63) is 29.8 Å². The van der Waals surface area contributed by atoms with Crippen LogP contribution in [0.1, 0.15) is 19.3 Å². The number of nitrogens with one attached hydrogen (secondary N) is 2. The second kappa shape index (κ2) is 5.85. The Kier molecular flexibility index (Phi) is 4.16. The highest BCUT2D eigenvalue weighted by molar-refractivity contribution is 5.89. The van der Waals surface area contributed by atoms with Gasteiger partial charge in [-0.3, -0.25) is 4.79 Å². The molecule has 3 N–H and O–H groups in total. The van der Waals surface area contributed by atoms with E-state index >= 15 is 0 Å². The Morgan fingerprint density at radius 2 is 1.80 bits per heavy atom. The van der Waals surface area contributed by atoms with Gasteiger partial charge in [-0.15, -0.1) is 0 Å². The highest BCUT2D eigenvalue weighted by atomic mass is 19.1. The lowest BCUT2D eigenvalue weighted by molar-refractivity contribution is -0.141. The Morgan fingerprint density at radius 3 is 2.35 bits per heavy atom. The Balaban J connectivity index is 1.88. The van der Waals surface area contributed by atoms with E-state index in [0.29, 0.717) is 25.3 Å². The van der Waals surface area contributed by atoms with Crippen molar-refractivity contribution >= 4 is 17.7 Å². The SMILES string of the molecule is O=C(Nc1cc(F)cc(F)c1)NC1CCC(C(=O)O)C1. The van der Waals surface area contributed by atoms with Gasteiger partial charge in [0.15, 0.2) is 0 Å². The quantitative estimate of drug-likeness (QED) is 0.797. The Labute approximate surface area is 114 Å². The lowest BCUT2D eigenvalue weighted by atomic mass is 10.1. The monoisotopic (exact) mass is 284 g/mol. The van der Waals surface area contributed by atoms with Crippen LogP contribution in [-0.4, -0.2) is 23.1 Å². The zero-order valence-electron chi connectivity index (χ0n) is 10.5. The van der Waals surface area contributed by atoms with Crippen molar-refractivity contribution in [2.24, 2.45) is 5.92 Å².